The third-order valence-electron chi connectivity index (χ3n) is 5.47. The number of nitrogens with one attached hydrogen (secondary N) is 2. The number of carbonyl (C=O) groups is 1. The van der Waals surface area contributed by atoms with E-state index in [-0.39, 0.29) is 18.1 Å². The molecular weight excluding hydrogens is 419 g/mol. The molecule has 2 aromatic heterocycles. The van der Waals surface area contributed by atoms with Crippen LogP contribution in [0.5, 0.6) is 0 Å². The van der Waals surface area contributed by atoms with Crippen LogP contribution in [0.4, 0.5) is 4.39 Å². The Hall–Kier alpha value is -4.26. The first-order valence-electron chi connectivity index (χ1n) is 10.6. The van der Waals surface area contributed by atoms with E-state index in [0.717, 1.165) is 22.2 Å². The van der Waals surface area contributed by atoms with Gasteiger partial charge in [-0.2, -0.15) is 4.98 Å². The average Bonchev–Trinajstić information content (AvgIpc) is 3.48. The van der Waals surface area contributed by atoms with Gasteiger partial charge in [-0.05, 0) is 29.3 Å². The van der Waals surface area contributed by atoms with Crippen molar-refractivity contribution >= 4 is 16.8 Å². The highest BCUT2D eigenvalue weighted by Crippen LogP contribution is 2.23. The van der Waals surface area contributed by atoms with Crippen LogP contribution in [0.15, 0.2) is 89.6 Å². The van der Waals surface area contributed by atoms with Crippen LogP contribution in [0.2, 0.25) is 0 Å². The molecule has 7 heteroatoms. The average molecular weight is 440 g/mol. The summed E-state index contributed by atoms with van der Waals surface area (Å²) in [6.45, 7) is 0. The van der Waals surface area contributed by atoms with Gasteiger partial charge in [0.25, 0.3) is 0 Å². The molecule has 0 bridgehead atoms. The molecule has 1 atom stereocenters. The smallest absolute Gasteiger partial charge is 0.249 e. The molecule has 0 aliphatic heterocycles. The highest BCUT2D eigenvalue weighted by Gasteiger charge is 2.23. The van der Waals surface area contributed by atoms with Crippen molar-refractivity contribution in [2.75, 3.05) is 0 Å². The van der Waals surface area contributed by atoms with Crippen LogP contribution in [-0.2, 0) is 17.6 Å². The minimum absolute atomic E-state index is 0.0917. The zero-order chi connectivity index (χ0) is 22.6. The van der Waals surface area contributed by atoms with E-state index >= 15 is 0 Å². The Balaban J connectivity index is 1.39. The lowest BCUT2D eigenvalue weighted by Gasteiger charge is -2.15. The number of halogens is 1. The number of rotatable bonds is 7. The topological polar surface area (TPSA) is 83.8 Å². The number of aromatic nitrogens is 3. The Kier molecular flexibility index (Phi) is 5.68. The number of hydrogen-bond acceptors (Lipinski definition) is 4. The van der Waals surface area contributed by atoms with Crippen LogP contribution >= 0.6 is 0 Å². The molecule has 0 spiro atoms. The van der Waals surface area contributed by atoms with E-state index in [2.05, 4.69) is 20.4 Å². The van der Waals surface area contributed by atoms with Crippen LogP contribution in [-0.4, -0.2) is 21.0 Å². The predicted molar refractivity (Wildman–Crippen MR) is 123 cm³/mol. The van der Waals surface area contributed by atoms with Crippen molar-refractivity contribution in [1.82, 2.24) is 20.4 Å². The molecule has 0 saturated heterocycles. The van der Waals surface area contributed by atoms with E-state index < -0.39 is 6.04 Å². The maximum Gasteiger partial charge on any atom is 0.249 e. The lowest BCUT2D eigenvalue weighted by molar-refractivity contribution is -0.121. The molecule has 5 aromatic rings. The lowest BCUT2D eigenvalue weighted by Crippen LogP contribution is -2.31. The number of fused-ring (bicyclic) bond motifs is 1. The SMILES string of the molecule is O=C(Cc1c[nH]c2ccc(F)cc12)NC(Cc1ccccc1)c1nc(-c2ccccc2)no1. The summed E-state index contributed by atoms with van der Waals surface area (Å²) < 4.78 is 19.2. The van der Waals surface area contributed by atoms with Gasteiger partial charge in [-0.25, -0.2) is 4.39 Å². The summed E-state index contributed by atoms with van der Waals surface area (Å²) >= 11 is 0. The van der Waals surface area contributed by atoms with Gasteiger partial charge < -0.3 is 14.8 Å². The number of carbonyl (C=O) groups excluding carboxylic acids is 1. The monoisotopic (exact) mass is 440 g/mol. The van der Waals surface area contributed by atoms with E-state index in [4.69, 9.17) is 4.52 Å². The minimum Gasteiger partial charge on any atom is -0.361 e. The van der Waals surface area contributed by atoms with Gasteiger partial charge in [-0.3, -0.25) is 4.79 Å². The highest BCUT2D eigenvalue weighted by molar-refractivity contribution is 5.89. The number of amides is 1. The molecule has 0 aliphatic carbocycles. The predicted octanol–water partition coefficient (Wildman–Crippen LogP) is 5.00. The Morgan fingerprint density at radius 3 is 2.58 bits per heavy atom. The van der Waals surface area contributed by atoms with Crippen LogP contribution in [0.3, 0.4) is 0 Å². The second-order valence-corrected chi connectivity index (χ2v) is 7.81. The van der Waals surface area contributed by atoms with Crippen molar-refractivity contribution < 1.29 is 13.7 Å². The number of H-pyrrole nitrogens is 1. The summed E-state index contributed by atoms with van der Waals surface area (Å²) in [4.78, 5) is 20.6. The van der Waals surface area contributed by atoms with Gasteiger partial charge in [0.1, 0.15) is 11.9 Å². The van der Waals surface area contributed by atoms with Gasteiger partial charge >= 0.3 is 0 Å². The molecule has 3 aromatic carbocycles. The first-order valence-corrected chi connectivity index (χ1v) is 10.6. The molecule has 164 valence electrons. The highest BCUT2D eigenvalue weighted by atomic mass is 19.1. The summed E-state index contributed by atoms with van der Waals surface area (Å²) in [5, 5.41) is 7.81. The van der Waals surface area contributed by atoms with Gasteiger partial charge in [-0.1, -0.05) is 65.8 Å². The normalized spacial score (nSPS) is 12.0. The van der Waals surface area contributed by atoms with Gasteiger partial charge in [0.05, 0.1) is 6.42 Å². The first kappa shape index (κ1) is 20.6. The molecule has 1 unspecified atom stereocenters. The van der Waals surface area contributed by atoms with E-state index in [9.17, 15) is 9.18 Å². The fourth-order valence-electron chi connectivity index (χ4n) is 3.85. The van der Waals surface area contributed by atoms with Gasteiger partial charge in [0, 0.05) is 29.1 Å². The van der Waals surface area contributed by atoms with Crippen molar-refractivity contribution in [2.24, 2.45) is 0 Å². The van der Waals surface area contributed by atoms with E-state index in [1.807, 2.05) is 60.7 Å². The fraction of sp³-hybridized carbons (Fsp3) is 0.115. The zero-order valence-electron chi connectivity index (χ0n) is 17.7. The van der Waals surface area contributed by atoms with Crippen molar-refractivity contribution in [3.63, 3.8) is 0 Å². The van der Waals surface area contributed by atoms with Crippen LogP contribution in [0.1, 0.15) is 23.1 Å². The van der Waals surface area contributed by atoms with Crippen molar-refractivity contribution in [1.29, 1.82) is 0 Å². The molecule has 2 N–H and O–H groups in total. The molecule has 33 heavy (non-hydrogen) atoms. The van der Waals surface area contributed by atoms with Crippen LogP contribution in [0.25, 0.3) is 22.3 Å². The number of benzene rings is 3. The molecule has 0 saturated carbocycles. The number of nitrogens with zero attached hydrogens (tertiary/aromatic N) is 2. The Labute approximate surface area is 189 Å². The summed E-state index contributed by atoms with van der Waals surface area (Å²) in [5.41, 5.74) is 3.36. The molecule has 1 amide bonds. The van der Waals surface area contributed by atoms with Crippen LogP contribution < -0.4 is 5.32 Å². The molecule has 0 aliphatic rings. The summed E-state index contributed by atoms with van der Waals surface area (Å²) in [7, 11) is 0. The lowest BCUT2D eigenvalue weighted by atomic mass is 10.0. The second kappa shape index (κ2) is 9.08. The number of aromatic amines is 1. The molecule has 6 nitrogen and oxygen atoms in total. The maximum absolute atomic E-state index is 13.7. The summed E-state index contributed by atoms with van der Waals surface area (Å²) in [6, 6.07) is 23.3. The third-order valence-corrected chi connectivity index (χ3v) is 5.47. The van der Waals surface area contributed by atoms with E-state index in [1.54, 1.807) is 12.3 Å². The van der Waals surface area contributed by atoms with Crippen LogP contribution in [0, 0.1) is 5.82 Å². The number of hydrogen-bond donors (Lipinski definition) is 2. The Morgan fingerprint density at radius 2 is 1.79 bits per heavy atom. The molecule has 2 heterocycles. The molecule has 0 fully saturated rings. The molecular formula is C26H21FN4O2. The summed E-state index contributed by atoms with van der Waals surface area (Å²) in [5.74, 6) is 0.228. The Morgan fingerprint density at radius 1 is 1.03 bits per heavy atom. The van der Waals surface area contributed by atoms with Crippen molar-refractivity contribution in [3.05, 3.63) is 108 Å². The summed E-state index contributed by atoms with van der Waals surface area (Å²) in [6.07, 6.45) is 2.32. The standard InChI is InChI=1S/C26H21FN4O2/c27-20-11-12-22-21(15-20)19(16-28-22)14-24(32)29-23(13-17-7-3-1-4-8-17)26-30-25(31-33-26)18-9-5-2-6-10-18/h1-12,15-16,23,28H,13-14H2,(H,29,32). The third kappa shape index (κ3) is 4.67. The van der Waals surface area contributed by atoms with Crippen molar-refractivity contribution in [3.8, 4) is 11.4 Å². The minimum atomic E-state index is -0.508. The Bertz CT molecular complexity index is 1380. The van der Waals surface area contributed by atoms with E-state index in [1.165, 1.54) is 12.1 Å². The maximum atomic E-state index is 13.7. The van der Waals surface area contributed by atoms with Gasteiger partial charge in [0.2, 0.25) is 17.6 Å². The quantitative estimate of drug-likeness (QED) is 0.373. The largest absolute Gasteiger partial charge is 0.361 e. The molecule has 5 rings (SSSR count). The van der Waals surface area contributed by atoms with E-state index in [0.29, 0.717) is 23.5 Å². The molecule has 0 radical (unpaired) electrons. The van der Waals surface area contributed by atoms with Gasteiger partial charge in [0.15, 0.2) is 0 Å². The van der Waals surface area contributed by atoms with Gasteiger partial charge in [-0.15, -0.1) is 0 Å². The zero-order valence-corrected chi connectivity index (χ0v) is 17.7. The second-order valence-electron chi connectivity index (χ2n) is 7.81. The fourth-order valence-corrected chi connectivity index (χ4v) is 3.85. The first-order chi connectivity index (χ1) is 16.2. The van der Waals surface area contributed by atoms with Crippen molar-refractivity contribution in [2.45, 2.75) is 18.9 Å².